The smallest absolute Gasteiger partial charge is 0.234 e. The molecule has 0 N–H and O–H groups in total. The fraction of sp³-hybridized carbons (Fsp3) is 0.714. The maximum absolute atomic E-state index is 5.90. The SMILES string of the molecule is CC(C)Oc1cncc(N2CCCCC2CCCl)n1. The zero-order chi connectivity index (χ0) is 13.7. The number of halogens is 1. The first-order valence-corrected chi connectivity index (χ1v) is 7.55. The van der Waals surface area contributed by atoms with Crippen molar-refractivity contribution in [3.8, 4) is 5.88 Å². The van der Waals surface area contributed by atoms with Gasteiger partial charge < -0.3 is 9.64 Å². The second kappa shape index (κ2) is 6.94. The molecule has 1 unspecified atom stereocenters. The summed E-state index contributed by atoms with van der Waals surface area (Å²) in [5, 5.41) is 0. The molecule has 5 heteroatoms. The van der Waals surface area contributed by atoms with Gasteiger partial charge in [0.05, 0.1) is 18.5 Å². The molecule has 19 heavy (non-hydrogen) atoms. The van der Waals surface area contributed by atoms with Crippen LogP contribution < -0.4 is 9.64 Å². The quantitative estimate of drug-likeness (QED) is 0.778. The van der Waals surface area contributed by atoms with E-state index in [1.807, 2.05) is 20.0 Å². The van der Waals surface area contributed by atoms with E-state index >= 15 is 0 Å². The minimum atomic E-state index is 0.115. The summed E-state index contributed by atoms with van der Waals surface area (Å²) in [6.45, 7) is 5.01. The molecule has 106 valence electrons. The molecule has 1 fully saturated rings. The van der Waals surface area contributed by atoms with E-state index in [4.69, 9.17) is 16.3 Å². The van der Waals surface area contributed by atoms with Gasteiger partial charge in [0, 0.05) is 18.5 Å². The maximum Gasteiger partial charge on any atom is 0.234 e. The van der Waals surface area contributed by atoms with Gasteiger partial charge in [0.25, 0.3) is 0 Å². The van der Waals surface area contributed by atoms with E-state index in [0.29, 0.717) is 17.8 Å². The lowest BCUT2D eigenvalue weighted by atomic mass is 10.0. The van der Waals surface area contributed by atoms with Crippen LogP contribution in [0, 0.1) is 0 Å². The number of piperidine rings is 1. The normalized spacial score (nSPS) is 19.8. The van der Waals surface area contributed by atoms with Crippen LogP contribution in [-0.2, 0) is 0 Å². The third kappa shape index (κ3) is 3.96. The average Bonchev–Trinajstić information content (AvgIpc) is 2.39. The molecule has 0 saturated carbocycles. The van der Waals surface area contributed by atoms with Crippen LogP contribution in [-0.4, -0.2) is 34.5 Å². The Balaban J connectivity index is 2.14. The average molecular weight is 284 g/mol. The molecule has 0 aromatic carbocycles. The van der Waals surface area contributed by atoms with Crippen LogP contribution in [0.15, 0.2) is 12.4 Å². The summed E-state index contributed by atoms with van der Waals surface area (Å²) < 4.78 is 5.61. The Morgan fingerprint density at radius 3 is 3.00 bits per heavy atom. The van der Waals surface area contributed by atoms with Gasteiger partial charge in [-0.1, -0.05) is 0 Å². The van der Waals surface area contributed by atoms with E-state index in [1.54, 1.807) is 6.20 Å². The molecule has 1 aliphatic heterocycles. The highest BCUT2D eigenvalue weighted by atomic mass is 35.5. The molecule has 2 heterocycles. The molecule has 0 radical (unpaired) electrons. The minimum absolute atomic E-state index is 0.115. The van der Waals surface area contributed by atoms with Crippen molar-refractivity contribution in [2.45, 2.75) is 51.7 Å². The van der Waals surface area contributed by atoms with Crippen molar-refractivity contribution in [1.82, 2.24) is 9.97 Å². The summed E-state index contributed by atoms with van der Waals surface area (Å²) in [5.74, 6) is 2.20. The van der Waals surface area contributed by atoms with Gasteiger partial charge in [0.2, 0.25) is 5.88 Å². The molecule has 2 rings (SSSR count). The molecule has 1 aromatic heterocycles. The zero-order valence-corrected chi connectivity index (χ0v) is 12.4. The summed E-state index contributed by atoms with van der Waals surface area (Å²) in [5.41, 5.74) is 0. The van der Waals surface area contributed by atoms with Crippen molar-refractivity contribution in [3.05, 3.63) is 12.4 Å². The molecule has 4 nitrogen and oxygen atoms in total. The Labute approximate surface area is 120 Å². The Bertz CT molecular complexity index is 398. The van der Waals surface area contributed by atoms with Gasteiger partial charge >= 0.3 is 0 Å². The van der Waals surface area contributed by atoms with Crippen LogP contribution >= 0.6 is 11.6 Å². The van der Waals surface area contributed by atoms with E-state index in [0.717, 1.165) is 18.8 Å². The summed E-state index contributed by atoms with van der Waals surface area (Å²) >= 11 is 5.90. The van der Waals surface area contributed by atoms with Crippen LogP contribution in [0.5, 0.6) is 5.88 Å². The minimum Gasteiger partial charge on any atom is -0.474 e. The molecular formula is C14H22ClN3O. The number of aromatic nitrogens is 2. The van der Waals surface area contributed by atoms with E-state index in [9.17, 15) is 0 Å². The van der Waals surface area contributed by atoms with Gasteiger partial charge in [-0.2, -0.15) is 4.98 Å². The summed E-state index contributed by atoms with van der Waals surface area (Å²) in [6.07, 6.45) is 8.26. The molecule has 1 aliphatic rings. The molecule has 0 bridgehead atoms. The van der Waals surface area contributed by atoms with Gasteiger partial charge in [0.1, 0.15) is 0 Å². The zero-order valence-electron chi connectivity index (χ0n) is 11.7. The Morgan fingerprint density at radius 1 is 1.42 bits per heavy atom. The lowest BCUT2D eigenvalue weighted by Crippen LogP contribution is -2.40. The third-order valence-electron chi connectivity index (χ3n) is 3.32. The van der Waals surface area contributed by atoms with Crippen molar-refractivity contribution in [2.24, 2.45) is 0 Å². The fourth-order valence-corrected chi connectivity index (χ4v) is 2.76. The van der Waals surface area contributed by atoms with Crippen LogP contribution in [0.2, 0.25) is 0 Å². The summed E-state index contributed by atoms with van der Waals surface area (Å²) in [4.78, 5) is 11.1. The highest BCUT2D eigenvalue weighted by Gasteiger charge is 2.23. The molecule has 0 amide bonds. The molecule has 1 aromatic rings. The van der Waals surface area contributed by atoms with Gasteiger partial charge in [-0.3, -0.25) is 4.98 Å². The lowest BCUT2D eigenvalue weighted by molar-refractivity contribution is 0.231. The third-order valence-corrected chi connectivity index (χ3v) is 3.54. The predicted molar refractivity (Wildman–Crippen MR) is 78.1 cm³/mol. The number of nitrogens with zero attached hydrogens (tertiary/aromatic N) is 3. The van der Waals surface area contributed by atoms with Gasteiger partial charge in [0.15, 0.2) is 5.82 Å². The number of alkyl halides is 1. The van der Waals surface area contributed by atoms with E-state index < -0.39 is 0 Å². The number of rotatable bonds is 5. The van der Waals surface area contributed by atoms with E-state index in [1.165, 1.54) is 19.3 Å². The molecule has 0 spiro atoms. The van der Waals surface area contributed by atoms with Gasteiger partial charge in [-0.25, -0.2) is 0 Å². The monoisotopic (exact) mass is 283 g/mol. The largest absolute Gasteiger partial charge is 0.474 e. The first-order chi connectivity index (χ1) is 9.20. The topological polar surface area (TPSA) is 38.2 Å². The molecule has 0 aliphatic carbocycles. The van der Waals surface area contributed by atoms with E-state index in [2.05, 4.69) is 14.9 Å². The number of anilines is 1. The first kappa shape index (κ1) is 14.4. The maximum atomic E-state index is 5.90. The summed E-state index contributed by atoms with van der Waals surface area (Å²) in [6, 6.07) is 0.481. The second-order valence-electron chi connectivity index (χ2n) is 5.20. The molecule has 1 atom stereocenters. The highest BCUT2D eigenvalue weighted by Crippen LogP contribution is 2.26. The van der Waals surface area contributed by atoms with E-state index in [-0.39, 0.29) is 6.10 Å². The van der Waals surface area contributed by atoms with Crippen LogP contribution in [0.25, 0.3) is 0 Å². The van der Waals surface area contributed by atoms with Crippen molar-refractivity contribution in [2.75, 3.05) is 17.3 Å². The fourth-order valence-electron chi connectivity index (χ4n) is 2.50. The van der Waals surface area contributed by atoms with Gasteiger partial charge in [-0.05, 0) is 39.5 Å². The predicted octanol–water partition coefficient (Wildman–Crippen LogP) is 3.25. The van der Waals surface area contributed by atoms with Crippen LogP contribution in [0.3, 0.4) is 0 Å². The Hall–Kier alpha value is -1.03. The second-order valence-corrected chi connectivity index (χ2v) is 5.58. The van der Waals surface area contributed by atoms with Crippen LogP contribution in [0.1, 0.15) is 39.5 Å². The van der Waals surface area contributed by atoms with Crippen LogP contribution in [0.4, 0.5) is 5.82 Å². The van der Waals surface area contributed by atoms with Crippen molar-refractivity contribution in [3.63, 3.8) is 0 Å². The highest BCUT2D eigenvalue weighted by molar-refractivity contribution is 6.17. The number of hydrogen-bond acceptors (Lipinski definition) is 4. The molecule has 1 saturated heterocycles. The standard InChI is InChI=1S/C14H22ClN3O/c1-11(2)19-14-10-16-9-13(17-14)18-8-4-3-5-12(18)6-7-15/h9-12H,3-8H2,1-2H3. The van der Waals surface area contributed by atoms with Crippen molar-refractivity contribution < 1.29 is 4.74 Å². The Kier molecular flexibility index (Phi) is 5.25. The van der Waals surface area contributed by atoms with Crippen molar-refractivity contribution in [1.29, 1.82) is 0 Å². The number of ether oxygens (including phenoxy) is 1. The van der Waals surface area contributed by atoms with Gasteiger partial charge in [-0.15, -0.1) is 11.6 Å². The first-order valence-electron chi connectivity index (χ1n) is 7.02. The van der Waals surface area contributed by atoms with Crippen molar-refractivity contribution >= 4 is 17.4 Å². The number of hydrogen-bond donors (Lipinski definition) is 0. The molecular weight excluding hydrogens is 262 g/mol. The summed E-state index contributed by atoms with van der Waals surface area (Å²) in [7, 11) is 0. The Morgan fingerprint density at radius 2 is 2.26 bits per heavy atom. The lowest BCUT2D eigenvalue weighted by Gasteiger charge is -2.36.